The second-order valence-electron chi connectivity index (χ2n) is 7.06. The van der Waals surface area contributed by atoms with Crippen molar-refractivity contribution < 1.29 is 13.2 Å². The molecule has 8 heteroatoms. The minimum Gasteiger partial charge on any atom is -0.338 e. The molecule has 6 nitrogen and oxygen atoms in total. The highest BCUT2D eigenvalue weighted by molar-refractivity contribution is 7.89. The summed E-state index contributed by atoms with van der Waals surface area (Å²) in [6, 6.07) is 4.80. The SMILES string of the molecule is CCN(CC)S(=O)(=O)c1ccc(C)c(C(=O)N2CCC(C)(CN)C2)c1.Cl. The molecule has 0 aliphatic carbocycles. The molecule has 1 fully saturated rings. The molecule has 2 rings (SSSR count). The Bertz CT molecular complexity index is 750. The average molecular weight is 404 g/mol. The molecule has 1 amide bonds. The van der Waals surface area contributed by atoms with Gasteiger partial charge in [-0.25, -0.2) is 8.42 Å². The minimum atomic E-state index is -3.58. The van der Waals surface area contributed by atoms with Crippen LogP contribution in [-0.4, -0.2) is 56.3 Å². The summed E-state index contributed by atoms with van der Waals surface area (Å²) < 4.78 is 26.9. The van der Waals surface area contributed by atoms with Gasteiger partial charge in [0.05, 0.1) is 4.90 Å². The maximum atomic E-state index is 12.9. The van der Waals surface area contributed by atoms with Crippen LogP contribution in [0.2, 0.25) is 0 Å². The monoisotopic (exact) mass is 403 g/mol. The first-order chi connectivity index (χ1) is 11.7. The van der Waals surface area contributed by atoms with Crippen molar-refractivity contribution >= 4 is 28.3 Å². The van der Waals surface area contributed by atoms with Gasteiger partial charge in [0.25, 0.3) is 5.91 Å². The van der Waals surface area contributed by atoms with E-state index in [2.05, 4.69) is 6.92 Å². The predicted octanol–water partition coefficient (Wildman–Crippen LogP) is 2.26. The summed E-state index contributed by atoms with van der Waals surface area (Å²) in [6.45, 7) is 10.1. The number of halogens is 1. The molecule has 1 aliphatic heterocycles. The van der Waals surface area contributed by atoms with Gasteiger partial charge in [0.1, 0.15) is 0 Å². The first-order valence-corrected chi connectivity index (χ1v) is 10.2. The van der Waals surface area contributed by atoms with Gasteiger partial charge in [-0.1, -0.05) is 26.8 Å². The second-order valence-corrected chi connectivity index (χ2v) is 9.00. The Kier molecular flexibility index (Phi) is 7.65. The summed E-state index contributed by atoms with van der Waals surface area (Å²) >= 11 is 0. The first-order valence-electron chi connectivity index (χ1n) is 8.78. The van der Waals surface area contributed by atoms with Crippen LogP contribution in [0.4, 0.5) is 0 Å². The van der Waals surface area contributed by atoms with Gasteiger partial charge in [0.15, 0.2) is 0 Å². The van der Waals surface area contributed by atoms with Gasteiger partial charge in [-0.05, 0) is 43.0 Å². The van der Waals surface area contributed by atoms with Crippen LogP contribution in [0.25, 0.3) is 0 Å². The van der Waals surface area contributed by atoms with Gasteiger partial charge in [-0.3, -0.25) is 4.79 Å². The van der Waals surface area contributed by atoms with E-state index < -0.39 is 10.0 Å². The number of aryl methyl sites for hydroxylation is 1. The summed E-state index contributed by atoms with van der Waals surface area (Å²) in [4.78, 5) is 14.9. The second kappa shape index (κ2) is 8.69. The van der Waals surface area contributed by atoms with Crippen LogP contribution in [-0.2, 0) is 10.0 Å². The Morgan fingerprint density at radius 1 is 1.31 bits per heavy atom. The maximum absolute atomic E-state index is 12.9. The van der Waals surface area contributed by atoms with E-state index in [4.69, 9.17) is 5.73 Å². The third kappa shape index (κ3) is 4.39. The van der Waals surface area contributed by atoms with Crippen LogP contribution in [0.3, 0.4) is 0 Å². The largest absolute Gasteiger partial charge is 0.338 e. The number of rotatable bonds is 6. The fraction of sp³-hybridized carbons (Fsp3) is 0.611. The molecule has 1 atom stereocenters. The topological polar surface area (TPSA) is 83.7 Å². The molecular formula is C18H30ClN3O3S. The van der Waals surface area contributed by atoms with Crippen LogP contribution in [0, 0.1) is 12.3 Å². The van der Waals surface area contributed by atoms with E-state index in [9.17, 15) is 13.2 Å². The molecule has 148 valence electrons. The van der Waals surface area contributed by atoms with Gasteiger partial charge in [0.2, 0.25) is 10.0 Å². The molecule has 1 aromatic carbocycles. The van der Waals surface area contributed by atoms with E-state index in [1.165, 1.54) is 10.4 Å². The lowest BCUT2D eigenvalue weighted by molar-refractivity contribution is 0.0776. The third-order valence-corrected chi connectivity index (χ3v) is 7.17. The highest BCUT2D eigenvalue weighted by Crippen LogP contribution is 2.30. The van der Waals surface area contributed by atoms with E-state index in [0.29, 0.717) is 38.3 Å². The van der Waals surface area contributed by atoms with Gasteiger partial charge in [-0.2, -0.15) is 4.31 Å². The van der Waals surface area contributed by atoms with Crippen LogP contribution in [0.5, 0.6) is 0 Å². The molecule has 0 bridgehead atoms. The molecule has 0 aromatic heterocycles. The van der Waals surface area contributed by atoms with Crippen molar-refractivity contribution in [2.75, 3.05) is 32.7 Å². The number of benzene rings is 1. The van der Waals surface area contributed by atoms with Crippen LogP contribution < -0.4 is 5.73 Å². The van der Waals surface area contributed by atoms with Crippen molar-refractivity contribution in [3.05, 3.63) is 29.3 Å². The number of likely N-dealkylation sites (tertiary alicyclic amines) is 1. The minimum absolute atomic E-state index is 0. The Morgan fingerprint density at radius 2 is 1.92 bits per heavy atom. The fourth-order valence-electron chi connectivity index (χ4n) is 3.24. The number of sulfonamides is 1. The Labute approximate surface area is 163 Å². The zero-order chi connectivity index (χ0) is 18.8. The Balaban J connectivity index is 0.00000338. The van der Waals surface area contributed by atoms with Crippen LogP contribution >= 0.6 is 12.4 Å². The molecule has 2 N–H and O–H groups in total. The lowest BCUT2D eigenvalue weighted by Gasteiger charge is -2.23. The zero-order valence-electron chi connectivity index (χ0n) is 16.0. The van der Waals surface area contributed by atoms with Crippen molar-refractivity contribution in [3.63, 3.8) is 0 Å². The smallest absolute Gasteiger partial charge is 0.254 e. The van der Waals surface area contributed by atoms with Crippen LogP contribution in [0.15, 0.2) is 23.1 Å². The van der Waals surface area contributed by atoms with E-state index >= 15 is 0 Å². The van der Waals surface area contributed by atoms with Crippen molar-refractivity contribution in [3.8, 4) is 0 Å². The van der Waals surface area contributed by atoms with Crippen molar-refractivity contribution in [1.82, 2.24) is 9.21 Å². The third-order valence-electron chi connectivity index (χ3n) is 5.12. The van der Waals surface area contributed by atoms with Gasteiger partial charge in [-0.15, -0.1) is 12.4 Å². The molecule has 0 spiro atoms. The van der Waals surface area contributed by atoms with Crippen molar-refractivity contribution in [1.29, 1.82) is 0 Å². The molecule has 0 saturated carbocycles. The number of carbonyl (C=O) groups excluding carboxylic acids is 1. The van der Waals surface area contributed by atoms with Crippen molar-refractivity contribution in [2.45, 2.75) is 39.0 Å². The zero-order valence-corrected chi connectivity index (χ0v) is 17.6. The van der Waals surface area contributed by atoms with Crippen molar-refractivity contribution in [2.24, 2.45) is 11.1 Å². The molecule has 1 unspecified atom stereocenters. The summed E-state index contributed by atoms with van der Waals surface area (Å²) in [6.07, 6.45) is 0.867. The molecule has 1 saturated heterocycles. The summed E-state index contributed by atoms with van der Waals surface area (Å²) in [5.41, 5.74) is 7.00. The summed E-state index contributed by atoms with van der Waals surface area (Å²) in [7, 11) is -3.58. The van der Waals surface area contributed by atoms with Crippen LogP contribution in [0.1, 0.15) is 43.1 Å². The Hall–Kier alpha value is -1.15. The van der Waals surface area contributed by atoms with E-state index in [0.717, 1.165) is 12.0 Å². The number of nitrogens with two attached hydrogens (primary N) is 1. The number of amides is 1. The first kappa shape index (κ1) is 22.9. The molecular weight excluding hydrogens is 374 g/mol. The number of carbonyl (C=O) groups is 1. The molecule has 1 aromatic rings. The number of hydrogen-bond acceptors (Lipinski definition) is 4. The summed E-state index contributed by atoms with van der Waals surface area (Å²) in [5, 5.41) is 0. The van der Waals surface area contributed by atoms with Gasteiger partial charge < -0.3 is 10.6 Å². The fourth-order valence-corrected chi connectivity index (χ4v) is 4.72. The highest BCUT2D eigenvalue weighted by Gasteiger charge is 2.36. The molecule has 0 radical (unpaired) electrons. The van der Waals surface area contributed by atoms with E-state index in [1.54, 1.807) is 30.9 Å². The van der Waals surface area contributed by atoms with E-state index in [1.807, 2.05) is 6.92 Å². The normalized spacial score (nSPS) is 20.3. The lowest BCUT2D eigenvalue weighted by atomic mass is 9.90. The predicted molar refractivity (Wildman–Crippen MR) is 106 cm³/mol. The van der Waals surface area contributed by atoms with Gasteiger partial charge >= 0.3 is 0 Å². The Morgan fingerprint density at radius 3 is 2.42 bits per heavy atom. The number of hydrogen-bond donors (Lipinski definition) is 1. The molecule has 1 aliphatic rings. The quantitative estimate of drug-likeness (QED) is 0.789. The highest BCUT2D eigenvalue weighted by atomic mass is 35.5. The molecule has 26 heavy (non-hydrogen) atoms. The lowest BCUT2D eigenvalue weighted by Crippen LogP contribution is -2.35. The summed E-state index contributed by atoms with van der Waals surface area (Å²) in [5.74, 6) is -0.119. The number of nitrogens with zero attached hydrogens (tertiary/aromatic N) is 2. The standard InChI is InChI=1S/C18H29N3O3S.ClH/c1-5-21(6-2)25(23,24)15-8-7-14(3)16(11-15)17(22)20-10-9-18(4,12-19)13-20;/h7-8,11H,5-6,9-10,12-13,19H2,1-4H3;1H. The maximum Gasteiger partial charge on any atom is 0.254 e. The van der Waals surface area contributed by atoms with E-state index in [-0.39, 0.29) is 28.6 Å². The van der Waals surface area contributed by atoms with Gasteiger partial charge in [0, 0.05) is 31.7 Å². The average Bonchev–Trinajstić information content (AvgIpc) is 2.98. The molecule has 1 heterocycles.